The third-order valence-electron chi connectivity index (χ3n) is 11.7. The van der Waals surface area contributed by atoms with Gasteiger partial charge in [-0.2, -0.15) is 0 Å². The lowest BCUT2D eigenvalue weighted by Gasteiger charge is -2.18. The number of phosphoric acid groups is 1. The minimum atomic E-state index is -4.77. The van der Waals surface area contributed by atoms with Crippen molar-refractivity contribution >= 4 is 25.7 Å². The summed E-state index contributed by atoms with van der Waals surface area (Å²) in [7, 11) is -4.77. The van der Waals surface area contributed by atoms with Crippen molar-refractivity contribution < 1.29 is 47.8 Å². The highest BCUT2D eigenvalue weighted by Crippen LogP contribution is 2.43. The first kappa shape index (κ1) is 66.7. The zero-order valence-electron chi connectivity index (χ0n) is 44.0. The van der Waals surface area contributed by atoms with E-state index in [-0.39, 0.29) is 12.8 Å². The molecule has 0 aliphatic carbocycles. The van der Waals surface area contributed by atoms with Crippen molar-refractivity contribution in [1.29, 1.82) is 0 Å². The second kappa shape index (κ2) is 52.0. The Hall–Kier alpha value is -3.34. The maximum Gasteiger partial charge on any atom is 0.472 e. The Labute approximate surface area is 426 Å². The van der Waals surface area contributed by atoms with Crippen LogP contribution in [-0.2, 0) is 32.7 Å². The predicted molar refractivity (Wildman–Crippen MR) is 291 cm³/mol. The Morgan fingerprint density at radius 1 is 0.471 bits per heavy atom. The molecule has 0 aromatic rings. The quantitative estimate of drug-likeness (QED) is 0.0199. The number of carbonyl (C=O) groups is 3. The molecule has 0 aliphatic rings. The molecule has 0 spiro atoms. The summed E-state index contributed by atoms with van der Waals surface area (Å²) < 4.78 is 27.0. The van der Waals surface area contributed by atoms with Gasteiger partial charge in [-0.15, -0.1) is 0 Å². The molecule has 0 heterocycles. The van der Waals surface area contributed by atoms with Crippen molar-refractivity contribution in [3.8, 4) is 0 Å². The first-order chi connectivity index (χ1) is 34.1. The van der Waals surface area contributed by atoms with Gasteiger partial charge in [-0.05, 0) is 89.9 Å². The molecule has 0 fully saturated rings. The summed E-state index contributed by atoms with van der Waals surface area (Å²) in [4.78, 5) is 46.2. The zero-order chi connectivity index (χ0) is 51.3. The van der Waals surface area contributed by atoms with Crippen molar-refractivity contribution in [2.24, 2.45) is 0 Å². The number of esters is 1. The number of aliphatic carboxylic acids is 1. The smallest absolute Gasteiger partial charge is 0.472 e. The normalized spacial score (nSPS) is 14.1. The maximum absolute atomic E-state index is 12.4. The number of rotatable bonds is 51. The van der Waals surface area contributed by atoms with E-state index in [2.05, 4.69) is 104 Å². The number of unbranched alkanes of at least 4 members (excludes halogenated alkanes) is 23. The molecular formula is C58H100NO10P. The van der Waals surface area contributed by atoms with E-state index in [0.717, 1.165) is 103 Å². The fourth-order valence-electron chi connectivity index (χ4n) is 7.43. The molecule has 0 saturated carbocycles. The Kier molecular flexibility index (Phi) is 49.5. The second-order valence-corrected chi connectivity index (χ2v) is 19.8. The fourth-order valence-corrected chi connectivity index (χ4v) is 8.20. The molecule has 0 aromatic carbocycles. The van der Waals surface area contributed by atoms with Gasteiger partial charge in [0.2, 0.25) is 5.91 Å². The van der Waals surface area contributed by atoms with Crippen LogP contribution in [0, 0.1) is 0 Å². The van der Waals surface area contributed by atoms with Crippen LogP contribution in [0.2, 0.25) is 0 Å². The van der Waals surface area contributed by atoms with Crippen molar-refractivity contribution in [2.45, 2.75) is 244 Å². The minimum absolute atomic E-state index is 0.129. The van der Waals surface area contributed by atoms with Crippen LogP contribution >= 0.6 is 7.82 Å². The van der Waals surface area contributed by atoms with Crippen LogP contribution in [0.1, 0.15) is 232 Å². The molecule has 3 unspecified atom stereocenters. The van der Waals surface area contributed by atoms with Crippen molar-refractivity contribution in [3.05, 3.63) is 85.1 Å². The van der Waals surface area contributed by atoms with Gasteiger partial charge >= 0.3 is 19.8 Å². The predicted octanol–water partition coefficient (Wildman–Crippen LogP) is 15.8. The summed E-state index contributed by atoms with van der Waals surface area (Å²) in [6, 6.07) is -1.56. The minimum Gasteiger partial charge on any atom is -0.480 e. The lowest BCUT2D eigenvalue weighted by molar-refractivity contribution is -0.147. The molecule has 402 valence electrons. The number of ether oxygens (including phenoxy) is 1. The zero-order valence-corrected chi connectivity index (χ0v) is 44.9. The Morgan fingerprint density at radius 2 is 0.829 bits per heavy atom. The molecule has 0 saturated heterocycles. The number of amides is 1. The number of carboxylic acid groups (broad SMARTS) is 1. The number of aliphatic hydroxyl groups excluding tert-OH is 1. The molecule has 0 aromatic heterocycles. The monoisotopic (exact) mass is 1000 g/mol. The molecule has 1 amide bonds. The van der Waals surface area contributed by atoms with Crippen LogP contribution in [0.5, 0.6) is 0 Å². The highest BCUT2D eigenvalue weighted by atomic mass is 31.2. The Balaban J connectivity index is 3.83. The van der Waals surface area contributed by atoms with Gasteiger partial charge in [-0.25, -0.2) is 9.36 Å². The summed E-state index contributed by atoms with van der Waals surface area (Å²) in [5.41, 5.74) is 0. The van der Waals surface area contributed by atoms with E-state index in [9.17, 15) is 34.1 Å². The number of nitrogens with one attached hydrogen (secondary N) is 1. The number of hydrogen-bond acceptors (Lipinski definition) is 8. The van der Waals surface area contributed by atoms with E-state index in [0.29, 0.717) is 12.8 Å². The number of carboxylic acids is 1. The van der Waals surface area contributed by atoms with Gasteiger partial charge in [-0.1, -0.05) is 214 Å². The van der Waals surface area contributed by atoms with Gasteiger partial charge in [0.15, 0.2) is 6.04 Å². The molecule has 0 radical (unpaired) electrons. The highest BCUT2D eigenvalue weighted by Gasteiger charge is 2.28. The number of carbonyl (C=O) groups excluding carboxylic acids is 2. The second-order valence-electron chi connectivity index (χ2n) is 18.4. The molecular weight excluding hydrogens is 902 g/mol. The third kappa shape index (κ3) is 51.0. The van der Waals surface area contributed by atoms with Gasteiger partial charge in [0.1, 0.15) is 12.7 Å². The van der Waals surface area contributed by atoms with E-state index in [1.807, 2.05) is 0 Å². The molecule has 4 N–H and O–H groups in total. The summed E-state index contributed by atoms with van der Waals surface area (Å²) >= 11 is 0. The van der Waals surface area contributed by atoms with Crippen LogP contribution < -0.4 is 5.32 Å². The lowest BCUT2D eigenvalue weighted by Crippen LogP contribution is -2.43. The molecule has 0 bridgehead atoms. The molecule has 12 heteroatoms. The van der Waals surface area contributed by atoms with Crippen LogP contribution in [0.3, 0.4) is 0 Å². The van der Waals surface area contributed by atoms with Gasteiger partial charge in [0.05, 0.1) is 13.2 Å². The first-order valence-electron chi connectivity index (χ1n) is 27.6. The average Bonchev–Trinajstić information content (AvgIpc) is 3.34. The summed E-state index contributed by atoms with van der Waals surface area (Å²) in [5.74, 6) is -2.39. The van der Waals surface area contributed by atoms with Crippen LogP contribution in [0.4, 0.5) is 0 Å². The molecule has 3 atom stereocenters. The van der Waals surface area contributed by atoms with E-state index < -0.39 is 57.6 Å². The molecule has 0 aliphatic heterocycles. The van der Waals surface area contributed by atoms with Crippen molar-refractivity contribution in [2.75, 3.05) is 19.8 Å². The van der Waals surface area contributed by atoms with Gasteiger partial charge in [0, 0.05) is 12.8 Å². The topological polar surface area (TPSA) is 169 Å². The Bertz CT molecular complexity index is 1500. The number of hydrogen-bond donors (Lipinski definition) is 4. The van der Waals surface area contributed by atoms with E-state index >= 15 is 0 Å². The fraction of sp³-hybridized carbons (Fsp3) is 0.707. The lowest BCUT2D eigenvalue weighted by atomic mass is 10.0. The van der Waals surface area contributed by atoms with Gasteiger partial charge in [-0.3, -0.25) is 18.6 Å². The Morgan fingerprint density at radius 3 is 1.24 bits per heavy atom. The van der Waals surface area contributed by atoms with E-state index in [4.69, 9.17) is 13.8 Å². The molecule has 0 rings (SSSR count). The molecule has 11 nitrogen and oxygen atoms in total. The third-order valence-corrected chi connectivity index (χ3v) is 12.6. The van der Waals surface area contributed by atoms with Crippen LogP contribution in [-0.4, -0.2) is 64.9 Å². The SMILES string of the molecule is CC/C=C\C/C=C\C/C=C\C/C=C\C/C=C\CCCCCCCCCC(=O)NC(COP(=O)(O)OCC(O)COC(=O)CCCCCCCCCCCCCCC/C=C\C/C=C\CCCCC)C(=O)O. The van der Waals surface area contributed by atoms with Crippen molar-refractivity contribution in [3.63, 3.8) is 0 Å². The van der Waals surface area contributed by atoms with Crippen molar-refractivity contribution in [1.82, 2.24) is 5.32 Å². The number of allylic oxidation sites excluding steroid dienone is 14. The highest BCUT2D eigenvalue weighted by molar-refractivity contribution is 7.47. The van der Waals surface area contributed by atoms with Crippen LogP contribution in [0.15, 0.2) is 85.1 Å². The number of phosphoric ester groups is 1. The number of aliphatic hydroxyl groups is 1. The van der Waals surface area contributed by atoms with Gasteiger partial charge < -0.3 is 25.2 Å². The first-order valence-corrected chi connectivity index (χ1v) is 29.1. The summed E-state index contributed by atoms with van der Waals surface area (Å²) in [6.07, 6.45) is 66.0. The van der Waals surface area contributed by atoms with Crippen LogP contribution in [0.25, 0.3) is 0 Å². The van der Waals surface area contributed by atoms with E-state index in [1.165, 1.54) is 89.9 Å². The standard InChI is InChI=1S/C58H100NO10P/c1-3-5-7-9-11-13-15-17-19-21-23-25-27-29-31-33-35-37-39-41-43-45-47-49-56(61)59-55(58(63)64)53-69-70(65,66)68-52-54(60)51-67-57(62)50-48-46-44-42-40-38-36-34-32-30-28-26-24-22-20-18-16-14-12-10-8-6-4-2/h5,7,11-14,17-20,23,25,29,31,54-55,60H,3-4,6,8-10,15-16,21-22,24,26-28,30,32-53H2,1-2H3,(H,59,61)(H,63,64)(H,65,66)/b7-5-,13-11-,14-12-,19-17-,20-18-,25-23-,31-29-. The summed E-state index contributed by atoms with van der Waals surface area (Å²) in [5, 5.41) is 22.0. The average molecular weight is 1000 g/mol. The maximum atomic E-state index is 12.4. The molecule has 70 heavy (non-hydrogen) atoms. The largest absolute Gasteiger partial charge is 0.480 e. The summed E-state index contributed by atoms with van der Waals surface area (Å²) in [6.45, 7) is 2.48. The van der Waals surface area contributed by atoms with Gasteiger partial charge in [0.25, 0.3) is 0 Å². The van der Waals surface area contributed by atoms with E-state index in [1.54, 1.807) is 0 Å².